The van der Waals surface area contributed by atoms with Gasteiger partial charge in [-0.15, -0.1) is 0 Å². The fourth-order valence-electron chi connectivity index (χ4n) is 2.97. The van der Waals surface area contributed by atoms with Crippen LogP contribution in [0, 0.1) is 0 Å². The Hall–Kier alpha value is -3.79. The third kappa shape index (κ3) is 5.09. The minimum Gasteiger partial charge on any atom is -0.497 e. The van der Waals surface area contributed by atoms with E-state index < -0.39 is 0 Å². The number of methoxy groups -OCH3 is 2. The van der Waals surface area contributed by atoms with Crippen LogP contribution in [0.15, 0.2) is 70.6 Å². The van der Waals surface area contributed by atoms with Gasteiger partial charge in [-0.2, -0.15) is 4.98 Å². The second kappa shape index (κ2) is 10.0. The highest BCUT2D eigenvalue weighted by Crippen LogP contribution is 2.25. The first kappa shape index (κ1) is 21.4. The topological polar surface area (TPSA) is 104 Å². The molecule has 2 heterocycles. The molecule has 0 saturated heterocycles. The van der Waals surface area contributed by atoms with Crippen molar-refractivity contribution in [3.05, 3.63) is 72.6 Å². The number of anilines is 1. The summed E-state index contributed by atoms with van der Waals surface area (Å²) >= 11 is 1.46. The molecule has 0 spiro atoms. The Kier molecular flexibility index (Phi) is 6.71. The summed E-state index contributed by atoms with van der Waals surface area (Å²) in [6.45, 7) is 0. The maximum absolute atomic E-state index is 12.3. The van der Waals surface area contributed by atoms with Crippen molar-refractivity contribution in [3.63, 3.8) is 0 Å². The van der Waals surface area contributed by atoms with Gasteiger partial charge in [0.25, 0.3) is 0 Å². The molecule has 1 N–H and O–H groups in total. The van der Waals surface area contributed by atoms with Gasteiger partial charge in [0.2, 0.25) is 11.8 Å². The molecule has 2 aromatic heterocycles. The van der Waals surface area contributed by atoms with Crippen LogP contribution in [0.2, 0.25) is 0 Å². The molecule has 164 valence electrons. The predicted octanol–water partition coefficient (Wildman–Crippen LogP) is 3.75. The fraction of sp³-hybridized carbons (Fsp3) is 0.182. The van der Waals surface area contributed by atoms with Crippen LogP contribution < -0.4 is 14.8 Å². The molecule has 0 aliphatic rings. The fourth-order valence-corrected chi connectivity index (χ4v) is 3.78. The zero-order chi connectivity index (χ0) is 22.3. The van der Waals surface area contributed by atoms with E-state index in [2.05, 4.69) is 20.4 Å². The Bertz CT molecular complexity index is 1190. The van der Waals surface area contributed by atoms with Gasteiger partial charge in [-0.3, -0.25) is 9.36 Å². The Labute approximate surface area is 188 Å². The van der Waals surface area contributed by atoms with Crippen molar-refractivity contribution in [2.75, 3.05) is 19.5 Å². The Balaban J connectivity index is 1.35. The summed E-state index contributed by atoms with van der Waals surface area (Å²) in [5.41, 5.74) is 1.55. The van der Waals surface area contributed by atoms with Crippen LogP contribution in [0.3, 0.4) is 0 Å². The number of aromatic nitrogens is 4. The molecule has 0 atom stereocenters. The number of nitrogens with one attached hydrogen (secondary N) is 1. The number of rotatable bonds is 9. The zero-order valence-corrected chi connectivity index (χ0v) is 18.3. The van der Waals surface area contributed by atoms with Gasteiger partial charge in [-0.25, -0.2) is 4.98 Å². The lowest BCUT2D eigenvalue weighted by Crippen LogP contribution is -2.15. The Morgan fingerprint density at radius 3 is 2.72 bits per heavy atom. The molecular formula is C22H21N5O4S. The molecule has 4 aromatic rings. The van der Waals surface area contributed by atoms with E-state index in [0.717, 1.165) is 16.6 Å². The van der Waals surface area contributed by atoms with Crippen LogP contribution >= 0.6 is 11.8 Å². The van der Waals surface area contributed by atoms with Gasteiger partial charge in [0.1, 0.15) is 11.5 Å². The molecular weight excluding hydrogens is 430 g/mol. The van der Waals surface area contributed by atoms with E-state index in [0.29, 0.717) is 28.9 Å². The minimum atomic E-state index is -0.260. The smallest absolute Gasteiger partial charge is 0.237 e. The van der Waals surface area contributed by atoms with Gasteiger partial charge >= 0.3 is 0 Å². The SMILES string of the molecule is COc1ccc(-n2ccnc2SCc2nc(CC(=O)Nc3ccccc3OC)no2)cc1. The minimum absolute atomic E-state index is 0.00725. The third-order valence-electron chi connectivity index (χ3n) is 4.49. The van der Waals surface area contributed by atoms with Gasteiger partial charge in [-0.05, 0) is 36.4 Å². The molecule has 0 bridgehead atoms. The lowest BCUT2D eigenvalue weighted by molar-refractivity contribution is -0.115. The average molecular weight is 452 g/mol. The maximum Gasteiger partial charge on any atom is 0.237 e. The van der Waals surface area contributed by atoms with Gasteiger partial charge in [0.05, 0.1) is 32.1 Å². The van der Waals surface area contributed by atoms with Crippen LogP contribution in [0.4, 0.5) is 5.69 Å². The summed E-state index contributed by atoms with van der Waals surface area (Å²) in [7, 11) is 3.18. The normalized spacial score (nSPS) is 10.7. The number of benzene rings is 2. The molecule has 2 aromatic carbocycles. The van der Waals surface area contributed by atoms with Crippen molar-refractivity contribution < 1.29 is 18.8 Å². The molecule has 0 saturated carbocycles. The molecule has 32 heavy (non-hydrogen) atoms. The number of carbonyl (C=O) groups excluding carboxylic acids is 1. The predicted molar refractivity (Wildman–Crippen MR) is 119 cm³/mol. The van der Waals surface area contributed by atoms with Crippen LogP contribution in [0.1, 0.15) is 11.7 Å². The molecule has 0 aliphatic heterocycles. The standard InChI is InChI=1S/C22H21N5O4S/c1-29-16-9-7-15(8-10-16)27-12-11-23-22(27)32-14-21-25-19(26-31-21)13-20(28)24-17-5-3-4-6-18(17)30-2/h3-12H,13-14H2,1-2H3,(H,24,28). The monoisotopic (exact) mass is 451 g/mol. The number of amides is 1. The second-order valence-corrected chi connectivity index (χ2v) is 7.54. The van der Waals surface area contributed by atoms with Crippen molar-refractivity contribution in [1.29, 1.82) is 0 Å². The molecule has 0 aliphatic carbocycles. The number of imidazole rings is 1. The highest BCUT2D eigenvalue weighted by Gasteiger charge is 2.14. The van der Waals surface area contributed by atoms with Crippen molar-refractivity contribution in [2.45, 2.75) is 17.3 Å². The molecule has 0 unspecified atom stereocenters. The van der Waals surface area contributed by atoms with Crippen LogP contribution in [0.25, 0.3) is 5.69 Å². The number of para-hydroxylation sites is 2. The van der Waals surface area contributed by atoms with Crippen molar-refractivity contribution >= 4 is 23.4 Å². The van der Waals surface area contributed by atoms with E-state index in [1.165, 1.54) is 11.8 Å². The van der Waals surface area contributed by atoms with Gasteiger partial charge in [0, 0.05) is 18.1 Å². The van der Waals surface area contributed by atoms with Crippen molar-refractivity contribution in [2.24, 2.45) is 0 Å². The summed E-state index contributed by atoms with van der Waals surface area (Å²) in [5.74, 6) is 2.26. The average Bonchev–Trinajstić information content (AvgIpc) is 3.47. The zero-order valence-electron chi connectivity index (χ0n) is 17.5. The van der Waals surface area contributed by atoms with Crippen molar-refractivity contribution in [1.82, 2.24) is 19.7 Å². The highest BCUT2D eigenvalue weighted by atomic mass is 32.2. The number of hydrogen-bond donors (Lipinski definition) is 1. The Morgan fingerprint density at radius 1 is 1.12 bits per heavy atom. The van der Waals surface area contributed by atoms with Crippen LogP contribution in [-0.4, -0.2) is 39.8 Å². The first-order chi connectivity index (χ1) is 15.7. The van der Waals surface area contributed by atoms with Crippen molar-refractivity contribution in [3.8, 4) is 17.2 Å². The molecule has 0 radical (unpaired) electrons. The second-order valence-electron chi connectivity index (χ2n) is 6.60. The van der Waals surface area contributed by atoms with E-state index >= 15 is 0 Å². The summed E-state index contributed by atoms with van der Waals surface area (Å²) in [4.78, 5) is 21.0. The third-order valence-corrected chi connectivity index (χ3v) is 5.44. The molecule has 10 heteroatoms. The van der Waals surface area contributed by atoms with E-state index in [-0.39, 0.29) is 12.3 Å². The van der Waals surface area contributed by atoms with Crippen LogP contribution in [0.5, 0.6) is 11.5 Å². The van der Waals surface area contributed by atoms with Gasteiger partial charge in [0.15, 0.2) is 11.0 Å². The first-order valence-corrected chi connectivity index (χ1v) is 10.7. The summed E-state index contributed by atoms with van der Waals surface area (Å²) in [6.07, 6.45) is 3.60. The van der Waals surface area contributed by atoms with Gasteiger partial charge in [-0.1, -0.05) is 29.1 Å². The summed E-state index contributed by atoms with van der Waals surface area (Å²) < 4.78 is 17.7. The lowest BCUT2D eigenvalue weighted by Gasteiger charge is -2.08. The summed E-state index contributed by atoms with van der Waals surface area (Å²) in [6, 6.07) is 14.9. The number of ether oxygens (including phenoxy) is 2. The largest absolute Gasteiger partial charge is 0.497 e. The number of nitrogens with zero attached hydrogens (tertiary/aromatic N) is 4. The number of carbonyl (C=O) groups is 1. The number of thioether (sulfide) groups is 1. The van der Waals surface area contributed by atoms with Gasteiger partial charge < -0.3 is 19.3 Å². The maximum atomic E-state index is 12.3. The van der Waals surface area contributed by atoms with Crippen LogP contribution in [-0.2, 0) is 17.0 Å². The molecule has 0 fully saturated rings. The molecule has 9 nitrogen and oxygen atoms in total. The first-order valence-electron chi connectivity index (χ1n) is 9.71. The number of hydrogen-bond acceptors (Lipinski definition) is 8. The quantitative estimate of drug-likeness (QED) is 0.384. The highest BCUT2D eigenvalue weighted by molar-refractivity contribution is 7.98. The van der Waals surface area contributed by atoms with E-state index in [4.69, 9.17) is 14.0 Å². The van der Waals surface area contributed by atoms with E-state index in [1.54, 1.807) is 32.5 Å². The van der Waals surface area contributed by atoms with E-state index in [9.17, 15) is 4.79 Å². The molecule has 4 rings (SSSR count). The lowest BCUT2D eigenvalue weighted by atomic mass is 10.2. The molecule has 1 amide bonds. The van der Waals surface area contributed by atoms with E-state index in [1.807, 2.05) is 47.2 Å². The Morgan fingerprint density at radius 2 is 1.94 bits per heavy atom. The summed E-state index contributed by atoms with van der Waals surface area (Å²) in [5, 5.41) is 7.48.